The number of carbonyl (C=O) groups is 3. The van der Waals surface area contributed by atoms with Crippen LogP contribution in [0.1, 0.15) is 60.9 Å². The summed E-state index contributed by atoms with van der Waals surface area (Å²) in [5, 5.41) is 12.3. The van der Waals surface area contributed by atoms with Crippen LogP contribution in [0.25, 0.3) is 0 Å². The first-order chi connectivity index (χ1) is 12.5. The van der Waals surface area contributed by atoms with Gasteiger partial charge < -0.3 is 9.84 Å². The Hall–Kier alpha value is -2.41. The third kappa shape index (κ3) is 2.96. The minimum Gasteiger partial charge on any atom is -0.488 e. The number of hydrogen-bond donors (Lipinski definition) is 1. The Balaban J connectivity index is 1.53. The molecule has 0 bridgehead atoms. The molecule has 1 aromatic rings. The number of aliphatic hydroxyl groups excluding tert-OH is 1. The smallest absolute Gasteiger partial charge is 0.273 e. The predicted octanol–water partition coefficient (Wildman–Crippen LogP) is 1.78. The van der Waals surface area contributed by atoms with Crippen LogP contribution in [0.2, 0.25) is 0 Å². The Morgan fingerprint density at radius 3 is 2.46 bits per heavy atom. The molecule has 2 aliphatic heterocycles. The highest BCUT2D eigenvalue weighted by Crippen LogP contribution is 2.31. The van der Waals surface area contributed by atoms with Gasteiger partial charge >= 0.3 is 0 Å². The molecule has 4 rings (SSSR count). The molecule has 2 atom stereocenters. The number of hydrazine groups is 1. The maximum atomic E-state index is 12.6. The van der Waals surface area contributed by atoms with Crippen LogP contribution in [0.5, 0.6) is 5.75 Å². The summed E-state index contributed by atoms with van der Waals surface area (Å²) in [7, 11) is 0. The van der Waals surface area contributed by atoms with Crippen molar-refractivity contribution in [2.45, 2.75) is 63.7 Å². The average molecular weight is 358 g/mol. The van der Waals surface area contributed by atoms with Gasteiger partial charge in [0, 0.05) is 18.4 Å². The number of fused-ring (bicyclic) bond motifs is 1. The van der Waals surface area contributed by atoms with Gasteiger partial charge in [0.25, 0.3) is 5.91 Å². The van der Waals surface area contributed by atoms with E-state index >= 15 is 0 Å². The van der Waals surface area contributed by atoms with Crippen LogP contribution < -0.4 is 4.74 Å². The van der Waals surface area contributed by atoms with E-state index < -0.39 is 6.10 Å². The molecule has 138 valence electrons. The molecular weight excluding hydrogens is 336 g/mol. The lowest BCUT2D eigenvalue weighted by Crippen LogP contribution is -2.51. The number of rotatable bonds is 3. The van der Waals surface area contributed by atoms with E-state index in [0.29, 0.717) is 17.7 Å². The lowest BCUT2D eigenvalue weighted by Gasteiger charge is -2.32. The van der Waals surface area contributed by atoms with Gasteiger partial charge in [-0.1, -0.05) is 6.42 Å². The van der Waals surface area contributed by atoms with Crippen molar-refractivity contribution in [1.29, 1.82) is 0 Å². The second kappa shape index (κ2) is 6.72. The second-order valence-electron chi connectivity index (χ2n) is 7.14. The Morgan fingerprint density at radius 2 is 1.73 bits per heavy atom. The van der Waals surface area contributed by atoms with Gasteiger partial charge in [-0.15, -0.1) is 0 Å². The van der Waals surface area contributed by atoms with Crippen molar-refractivity contribution in [3.8, 4) is 5.75 Å². The molecule has 3 amide bonds. The molecule has 0 spiro atoms. The summed E-state index contributed by atoms with van der Waals surface area (Å²) in [6.07, 6.45) is 3.95. The first kappa shape index (κ1) is 17.0. The minimum absolute atomic E-state index is 0.177. The lowest BCUT2D eigenvalue weighted by atomic mass is 9.95. The number of piperidine rings is 1. The summed E-state index contributed by atoms with van der Waals surface area (Å²) < 4.78 is 5.92. The molecule has 26 heavy (non-hydrogen) atoms. The van der Waals surface area contributed by atoms with Crippen molar-refractivity contribution in [3.63, 3.8) is 0 Å². The molecule has 2 heterocycles. The maximum Gasteiger partial charge on any atom is 0.273 e. The van der Waals surface area contributed by atoms with Crippen molar-refractivity contribution in [2.75, 3.05) is 0 Å². The van der Waals surface area contributed by atoms with E-state index in [4.69, 9.17) is 4.74 Å². The minimum atomic E-state index is -0.473. The molecule has 3 aliphatic rings. The highest BCUT2D eigenvalue weighted by Gasteiger charge is 2.39. The monoisotopic (exact) mass is 358 g/mol. The summed E-state index contributed by atoms with van der Waals surface area (Å²) >= 11 is 0. The zero-order valence-electron chi connectivity index (χ0n) is 14.5. The first-order valence-corrected chi connectivity index (χ1v) is 9.20. The number of nitrogens with zero attached hydrogens (tertiary/aromatic N) is 2. The topological polar surface area (TPSA) is 87.2 Å². The van der Waals surface area contributed by atoms with E-state index in [0.717, 1.165) is 36.3 Å². The number of benzene rings is 1. The number of hydrogen-bond acceptors (Lipinski definition) is 5. The number of carbonyl (C=O) groups excluding carboxylic acids is 3. The Labute approximate surface area is 151 Å². The fourth-order valence-electron chi connectivity index (χ4n) is 3.92. The molecule has 1 aromatic carbocycles. The standard InChI is InChI=1S/C19H22N2O5/c22-15-4-1-2-5-16(15)26-13-8-9-14-12(10-13)11-20(19(14)25)21-17(23)6-3-7-18(21)24/h8-10,15-16,22H,1-7,11H2/t15-,16-/m0/s1. The van der Waals surface area contributed by atoms with Crippen LogP contribution in [0.4, 0.5) is 0 Å². The van der Waals surface area contributed by atoms with Gasteiger partial charge in [-0.3, -0.25) is 14.4 Å². The van der Waals surface area contributed by atoms with Gasteiger partial charge in [-0.05, 0) is 49.4 Å². The molecule has 1 aliphatic carbocycles. The fourth-order valence-corrected chi connectivity index (χ4v) is 3.92. The van der Waals surface area contributed by atoms with E-state index in [2.05, 4.69) is 0 Å². The van der Waals surface area contributed by atoms with Crippen molar-refractivity contribution in [1.82, 2.24) is 10.0 Å². The summed E-state index contributed by atoms with van der Waals surface area (Å²) in [5.74, 6) is -0.401. The predicted molar refractivity (Wildman–Crippen MR) is 90.9 cm³/mol. The summed E-state index contributed by atoms with van der Waals surface area (Å²) in [6.45, 7) is 0.177. The second-order valence-corrected chi connectivity index (χ2v) is 7.14. The summed E-state index contributed by atoms with van der Waals surface area (Å²) in [4.78, 5) is 36.9. The molecule has 0 radical (unpaired) electrons. The van der Waals surface area contributed by atoms with E-state index in [1.165, 1.54) is 5.01 Å². The zero-order chi connectivity index (χ0) is 18.3. The van der Waals surface area contributed by atoms with Gasteiger partial charge in [0.15, 0.2) is 0 Å². The molecular formula is C19H22N2O5. The SMILES string of the molecule is O=C1c2ccc(O[C@H]3CCCC[C@@H]3O)cc2CN1N1C(=O)CCCC1=O. The lowest BCUT2D eigenvalue weighted by molar-refractivity contribution is -0.163. The highest BCUT2D eigenvalue weighted by molar-refractivity contribution is 6.04. The largest absolute Gasteiger partial charge is 0.488 e. The van der Waals surface area contributed by atoms with Crippen LogP contribution in [-0.2, 0) is 16.1 Å². The maximum absolute atomic E-state index is 12.6. The van der Waals surface area contributed by atoms with Gasteiger partial charge in [0.05, 0.1) is 12.6 Å². The fraction of sp³-hybridized carbons (Fsp3) is 0.526. The zero-order valence-corrected chi connectivity index (χ0v) is 14.5. The summed E-state index contributed by atoms with van der Waals surface area (Å²) in [6, 6.07) is 5.15. The molecule has 1 N–H and O–H groups in total. The van der Waals surface area contributed by atoms with Crippen LogP contribution in [0, 0.1) is 0 Å². The van der Waals surface area contributed by atoms with Crippen molar-refractivity contribution < 1.29 is 24.2 Å². The normalized spacial score (nSPS) is 26.3. The van der Waals surface area contributed by atoms with Crippen molar-refractivity contribution >= 4 is 17.7 Å². The highest BCUT2D eigenvalue weighted by atomic mass is 16.5. The Morgan fingerprint density at radius 1 is 1.00 bits per heavy atom. The van der Waals surface area contributed by atoms with Gasteiger partial charge in [0.2, 0.25) is 11.8 Å². The third-order valence-electron chi connectivity index (χ3n) is 5.31. The molecule has 0 unspecified atom stereocenters. The van der Waals surface area contributed by atoms with Crippen LogP contribution in [0.15, 0.2) is 18.2 Å². The van der Waals surface area contributed by atoms with Crippen LogP contribution in [-0.4, -0.2) is 45.1 Å². The Bertz CT molecular complexity index is 746. The summed E-state index contributed by atoms with van der Waals surface area (Å²) in [5.41, 5.74) is 1.21. The van der Waals surface area contributed by atoms with Crippen molar-refractivity contribution in [2.24, 2.45) is 0 Å². The third-order valence-corrected chi connectivity index (χ3v) is 5.31. The molecule has 1 saturated heterocycles. The van der Waals surface area contributed by atoms with E-state index in [1.807, 2.05) is 0 Å². The van der Waals surface area contributed by atoms with E-state index in [9.17, 15) is 19.5 Å². The molecule has 0 aromatic heterocycles. The van der Waals surface area contributed by atoms with Crippen molar-refractivity contribution in [3.05, 3.63) is 29.3 Å². The average Bonchev–Trinajstić information content (AvgIpc) is 2.93. The van der Waals surface area contributed by atoms with E-state index in [-0.39, 0.29) is 43.2 Å². The Kier molecular flexibility index (Phi) is 4.40. The van der Waals surface area contributed by atoms with Gasteiger partial charge in [-0.25, -0.2) is 5.01 Å². The molecule has 7 heteroatoms. The quantitative estimate of drug-likeness (QED) is 0.832. The number of amides is 3. The molecule has 1 saturated carbocycles. The number of ether oxygens (including phenoxy) is 1. The number of imide groups is 1. The molecule has 7 nitrogen and oxygen atoms in total. The van der Waals surface area contributed by atoms with E-state index in [1.54, 1.807) is 18.2 Å². The molecule has 2 fully saturated rings. The first-order valence-electron chi connectivity index (χ1n) is 9.20. The van der Waals surface area contributed by atoms with Gasteiger partial charge in [0.1, 0.15) is 11.9 Å². The van der Waals surface area contributed by atoms with Crippen LogP contribution >= 0.6 is 0 Å². The van der Waals surface area contributed by atoms with Gasteiger partial charge in [-0.2, -0.15) is 5.01 Å². The van der Waals surface area contributed by atoms with Crippen LogP contribution in [0.3, 0.4) is 0 Å². The number of aliphatic hydroxyl groups is 1.